The molecule has 1 aliphatic heterocycles. The third-order valence-corrected chi connectivity index (χ3v) is 7.01. The van der Waals surface area contributed by atoms with Gasteiger partial charge in [-0.2, -0.15) is 18.9 Å². The van der Waals surface area contributed by atoms with Crippen LogP contribution < -0.4 is 25.2 Å². The number of halogens is 3. The second-order valence-corrected chi connectivity index (χ2v) is 10.7. The molecule has 40 heavy (non-hydrogen) atoms. The third kappa shape index (κ3) is 6.10. The maximum absolute atomic E-state index is 13.5. The molecule has 0 saturated carbocycles. The van der Waals surface area contributed by atoms with Gasteiger partial charge in [0, 0.05) is 54.9 Å². The number of nitrogens with one attached hydrogen (secondary N) is 2. The van der Waals surface area contributed by atoms with Gasteiger partial charge in [-0.05, 0) is 45.0 Å². The number of rotatable bonds is 7. The largest absolute Gasteiger partial charge is 0.437 e. The highest BCUT2D eigenvalue weighted by Crippen LogP contribution is 2.36. The van der Waals surface area contributed by atoms with Crippen LogP contribution in [0.1, 0.15) is 20.8 Å². The van der Waals surface area contributed by atoms with Gasteiger partial charge in [-0.15, -0.1) is 0 Å². The van der Waals surface area contributed by atoms with E-state index >= 15 is 0 Å². The monoisotopic (exact) mass is 570 g/mol. The van der Waals surface area contributed by atoms with E-state index in [0.717, 1.165) is 31.9 Å². The molecule has 0 unspecified atom stereocenters. The normalized spacial score (nSPS) is 14.5. The highest BCUT2D eigenvalue weighted by Gasteiger charge is 2.26. The lowest BCUT2D eigenvalue weighted by Crippen LogP contribution is -2.53. The predicted octanol–water partition coefficient (Wildman–Crippen LogP) is 6.03. The second-order valence-electron chi connectivity index (χ2n) is 10.3. The number of pyridine rings is 1. The third-order valence-electron chi connectivity index (χ3n) is 6.70. The molecule has 0 amide bonds. The van der Waals surface area contributed by atoms with Crippen molar-refractivity contribution in [2.45, 2.75) is 32.9 Å². The minimum absolute atomic E-state index is 0.0526. The van der Waals surface area contributed by atoms with Gasteiger partial charge < -0.3 is 19.7 Å². The van der Waals surface area contributed by atoms with Crippen LogP contribution in [0.3, 0.4) is 0 Å². The van der Waals surface area contributed by atoms with E-state index in [9.17, 15) is 13.6 Å². The van der Waals surface area contributed by atoms with Gasteiger partial charge >= 0.3 is 6.61 Å². The Bertz CT molecular complexity index is 1570. The lowest BCUT2D eigenvalue weighted by molar-refractivity contribution is -0.0493. The van der Waals surface area contributed by atoms with E-state index in [1.54, 1.807) is 42.5 Å². The molecule has 5 rings (SSSR count). The fourth-order valence-corrected chi connectivity index (χ4v) is 4.82. The molecule has 2 aromatic carbocycles. The minimum Gasteiger partial charge on any atom is -0.437 e. The zero-order valence-electron chi connectivity index (χ0n) is 22.2. The van der Waals surface area contributed by atoms with Gasteiger partial charge in [-0.3, -0.25) is 9.69 Å². The summed E-state index contributed by atoms with van der Waals surface area (Å²) in [5, 5.41) is 10.2. The molecular formula is C28H29ClF2N6O3. The van der Waals surface area contributed by atoms with Crippen molar-refractivity contribution in [1.29, 1.82) is 0 Å². The molecule has 1 saturated heterocycles. The van der Waals surface area contributed by atoms with Crippen LogP contribution in [0.4, 0.5) is 26.0 Å². The fraction of sp³-hybridized carbons (Fsp3) is 0.321. The van der Waals surface area contributed by atoms with Crippen molar-refractivity contribution in [3.63, 3.8) is 0 Å². The first-order valence-corrected chi connectivity index (χ1v) is 13.1. The maximum atomic E-state index is 13.5. The first-order chi connectivity index (χ1) is 19.1. The van der Waals surface area contributed by atoms with Crippen LogP contribution in [-0.4, -0.2) is 58.4 Å². The number of H-pyrrole nitrogens is 1. The van der Waals surface area contributed by atoms with Crippen LogP contribution in [0.15, 0.2) is 59.5 Å². The standard InChI is InChI=1S/C28H29ClF2N6O3/c1-28(2,3)37-12-10-36(11-13-37)18-8-9-20(22(15-18)40-27(30)31)33-25-24-17(16-32-35-26(24)38)14-23(34-25)39-21-7-5-4-6-19(21)29/h4-9,14-16,27H,10-13H2,1-3H3,(H,33,34)(H,35,38). The molecule has 0 atom stereocenters. The summed E-state index contributed by atoms with van der Waals surface area (Å²) in [4.78, 5) is 21.7. The minimum atomic E-state index is -3.05. The number of para-hydroxylation sites is 1. The van der Waals surface area contributed by atoms with Crippen molar-refractivity contribution in [2.75, 3.05) is 36.4 Å². The number of aromatic nitrogens is 3. The molecular weight excluding hydrogens is 542 g/mol. The van der Waals surface area contributed by atoms with Gasteiger partial charge in [0.2, 0.25) is 5.88 Å². The highest BCUT2D eigenvalue weighted by atomic mass is 35.5. The molecule has 0 bridgehead atoms. The quantitative estimate of drug-likeness (QED) is 0.278. The number of aromatic amines is 1. The molecule has 12 heteroatoms. The zero-order chi connectivity index (χ0) is 28.4. The Morgan fingerprint density at radius 2 is 1.80 bits per heavy atom. The van der Waals surface area contributed by atoms with Gasteiger partial charge in [-0.1, -0.05) is 23.7 Å². The zero-order valence-corrected chi connectivity index (χ0v) is 23.0. The molecule has 0 aliphatic carbocycles. The first-order valence-electron chi connectivity index (χ1n) is 12.8. The molecule has 3 heterocycles. The number of fused-ring (bicyclic) bond motifs is 1. The van der Waals surface area contributed by atoms with Crippen LogP contribution in [0.2, 0.25) is 5.02 Å². The fourth-order valence-electron chi connectivity index (χ4n) is 4.65. The summed E-state index contributed by atoms with van der Waals surface area (Å²) in [6.07, 6.45) is 1.44. The number of alkyl halides is 2. The molecule has 2 N–H and O–H groups in total. The Morgan fingerprint density at radius 1 is 1.05 bits per heavy atom. The van der Waals surface area contributed by atoms with Crippen molar-refractivity contribution >= 4 is 39.6 Å². The van der Waals surface area contributed by atoms with Crippen LogP contribution >= 0.6 is 11.6 Å². The second kappa shape index (κ2) is 11.3. The molecule has 210 valence electrons. The summed E-state index contributed by atoms with van der Waals surface area (Å²) in [7, 11) is 0. The van der Waals surface area contributed by atoms with Crippen LogP contribution in [0.5, 0.6) is 17.4 Å². The predicted molar refractivity (Wildman–Crippen MR) is 152 cm³/mol. The Morgan fingerprint density at radius 3 is 2.50 bits per heavy atom. The Balaban J connectivity index is 1.49. The lowest BCUT2D eigenvalue weighted by Gasteiger charge is -2.43. The topological polar surface area (TPSA) is 95.6 Å². The van der Waals surface area contributed by atoms with E-state index in [1.807, 2.05) is 6.07 Å². The molecule has 9 nitrogen and oxygen atoms in total. The van der Waals surface area contributed by atoms with E-state index in [-0.39, 0.29) is 34.1 Å². The number of hydrogen-bond donors (Lipinski definition) is 2. The summed E-state index contributed by atoms with van der Waals surface area (Å²) in [6, 6.07) is 13.4. The van der Waals surface area contributed by atoms with Gasteiger partial charge in [0.15, 0.2) is 5.75 Å². The maximum Gasteiger partial charge on any atom is 0.387 e. The summed E-state index contributed by atoms with van der Waals surface area (Å²) in [5.41, 5.74) is 0.501. The Kier molecular flexibility index (Phi) is 7.77. The smallest absolute Gasteiger partial charge is 0.387 e. The first kappa shape index (κ1) is 27.6. The lowest BCUT2D eigenvalue weighted by atomic mass is 10.0. The molecule has 1 fully saturated rings. The molecule has 4 aromatic rings. The molecule has 0 radical (unpaired) electrons. The van der Waals surface area contributed by atoms with Crippen LogP contribution in [-0.2, 0) is 0 Å². The summed E-state index contributed by atoms with van der Waals surface area (Å²) in [6.45, 7) is 6.64. The summed E-state index contributed by atoms with van der Waals surface area (Å²) < 4.78 is 37.7. The number of nitrogens with zero attached hydrogens (tertiary/aromatic N) is 4. The van der Waals surface area contributed by atoms with Crippen molar-refractivity contribution < 1.29 is 18.3 Å². The van der Waals surface area contributed by atoms with Gasteiger partial charge in [-0.25, -0.2) is 5.10 Å². The number of hydrogen-bond acceptors (Lipinski definition) is 8. The highest BCUT2D eigenvalue weighted by molar-refractivity contribution is 6.32. The SMILES string of the molecule is CC(C)(C)N1CCN(c2ccc(Nc3nc(Oc4ccccc4Cl)cc4cn[nH]c(=O)c34)c(OC(F)F)c2)CC1. The van der Waals surface area contributed by atoms with Crippen molar-refractivity contribution in [3.8, 4) is 17.4 Å². The van der Waals surface area contributed by atoms with Crippen molar-refractivity contribution in [3.05, 3.63) is 70.1 Å². The van der Waals surface area contributed by atoms with E-state index in [0.29, 0.717) is 16.2 Å². The Hall–Kier alpha value is -3.96. The number of ether oxygens (including phenoxy) is 2. The van der Waals surface area contributed by atoms with E-state index < -0.39 is 12.2 Å². The van der Waals surface area contributed by atoms with E-state index in [2.05, 4.69) is 51.1 Å². The molecule has 0 spiro atoms. The van der Waals surface area contributed by atoms with Crippen molar-refractivity contribution in [1.82, 2.24) is 20.1 Å². The van der Waals surface area contributed by atoms with Crippen LogP contribution in [0, 0.1) is 0 Å². The number of anilines is 3. The number of piperazine rings is 1. The summed E-state index contributed by atoms with van der Waals surface area (Å²) >= 11 is 6.24. The van der Waals surface area contributed by atoms with Gasteiger partial charge in [0.05, 0.1) is 22.3 Å². The Labute approximate surface area is 234 Å². The number of benzene rings is 2. The van der Waals surface area contributed by atoms with Crippen molar-refractivity contribution in [2.24, 2.45) is 0 Å². The molecule has 1 aliphatic rings. The average molecular weight is 571 g/mol. The van der Waals surface area contributed by atoms with Crippen LogP contribution in [0.25, 0.3) is 10.8 Å². The summed E-state index contributed by atoms with van der Waals surface area (Å²) in [5.74, 6) is 0.482. The van der Waals surface area contributed by atoms with E-state index in [4.69, 9.17) is 21.1 Å². The molecule has 2 aromatic heterocycles. The average Bonchev–Trinajstić information content (AvgIpc) is 2.90. The van der Waals surface area contributed by atoms with Gasteiger partial charge in [0.1, 0.15) is 11.6 Å². The van der Waals surface area contributed by atoms with E-state index in [1.165, 1.54) is 6.20 Å². The van der Waals surface area contributed by atoms with Gasteiger partial charge in [0.25, 0.3) is 5.56 Å².